The second-order valence-corrected chi connectivity index (χ2v) is 7.02. The molecule has 2 heterocycles. The molecule has 0 saturated carbocycles. The Morgan fingerprint density at radius 1 is 1.32 bits per heavy atom. The van der Waals surface area contributed by atoms with Gasteiger partial charge < -0.3 is 10.2 Å². The zero-order valence-corrected chi connectivity index (χ0v) is 15.8. The first-order valence-electron chi connectivity index (χ1n) is 9.04. The summed E-state index contributed by atoms with van der Waals surface area (Å²) < 4.78 is 26.6. The molecule has 1 aromatic heterocycles. The van der Waals surface area contributed by atoms with E-state index in [1.165, 1.54) is 11.0 Å². The Morgan fingerprint density at radius 3 is 2.79 bits per heavy atom. The average molecular weight is 391 g/mol. The normalized spacial score (nSPS) is 17.4. The molecule has 0 aliphatic carbocycles. The summed E-state index contributed by atoms with van der Waals surface area (Å²) in [4.78, 5) is 28.3. The number of benzene rings is 1. The number of H-pyrrole nitrogens is 1. The number of piperazine rings is 1. The molecule has 0 bridgehead atoms. The van der Waals surface area contributed by atoms with E-state index in [-0.39, 0.29) is 24.8 Å². The van der Waals surface area contributed by atoms with Crippen molar-refractivity contribution < 1.29 is 18.4 Å². The molecule has 7 nitrogen and oxygen atoms in total. The fourth-order valence-electron chi connectivity index (χ4n) is 3.25. The molecule has 0 radical (unpaired) electrons. The van der Waals surface area contributed by atoms with Gasteiger partial charge in [0.15, 0.2) is 11.6 Å². The molecular weight excluding hydrogens is 368 g/mol. The molecule has 1 atom stereocenters. The fourth-order valence-corrected chi connectivity index (χ4v) is 3.25. The van der Waals surface area contributed by atoms with Crippen LogP contribution in [0.25, 0.3) is 0 Å². The Kier molecular flexibility index (Phi) is 6.03. The standard InChI is InChI=1S/C19H23F2N5O2/c1-12-7-14(24-23-12)11-25(2)18(27)9-17-19(28)22-5-6-26(17)10-13-3-4-15(20)16(21)8-13/h3-4,7-8,17H,5-6,9-11H2,1-2H3,(H,22,28)(H,23,24). The number of aromatic nitrogens is 2. The van der Waals surface area contributed by atoms with Crippen molar-refractivity contribution in [2.24, 2.45) is 0 Å². The lowest BCUT2D eigenvalue weighted by atomic mass is 10.1. The zero-order chi connectivity index (χ0) is 20.3. The van der Waals surface area contributed by atoms with E-state index in [0.717, 1.165) is 23.5 Å². The number of carbonyl (C=O) groups is 2. The lowest BCUT2D eigenvalue weighted by Crippen LogP contribution is -2.56. The van der Waals surface area contributed by atoms with Crippen molar-refractivity contribution in [3.8, 4) is 0 Å². The highest BCUT2D eigenvalue weighted by atomic mass is 19.2. The van der Waals surface area contributed by atoms with Gasteiger partial charge in [-0.1, -0.05) is 6.07 Å². The van der Waals surface area contributed by atoms with Gasteiger partial charge in [-0.3, -0.25) is 19.6 Å². The number of halogens is 2. The molecule has 1 aliphatic heterocycles. The van der Waals surface area contributed by atoms with Gasteiger partial charge in [0, 0.05) is 32.4 Å². The van der Waals surface area contributed by atoms with E-state index in [0.29, 0.717) is 25.2 Å². The highest BCUT2D eigenvalue weighted by molar-refractivity contribution is 5.88. The number of aromatic amines is 1. The van der Waals surface area contributed by atoms with Crippen molar-refractivity contribution in [2.75, 3.05) is 20.1 Å². The summed E-state index contributed by atoms with van der Waals surface area (Å²) in [5.41, 5.74) is 2.19. The summed E-state index contributed by atoms with van der Waals surface area (Å²) in [6, 6.07) is 4.85. The van der Waals surface area contributed by atoms with Gasteiger partial charge >= 0.3 is 0 Å². The lowest BCUT2D eigenvalue weighted by Gasteiger charge is -2.35. The van der Waals surface area contributed by atoms with Crippen molar-refractivity contribution in [1.29, 1.82) is 0 Å². The summed E-state index contributed by atoms with van der Waals surface area (Å²) >= 11 is 0. The number of rotatable bonds is 6. The summed E-state index contributed by atoms with van der Waals surface area (Å²) in [6.07, 6.45) is -0.00455. The number of nitrogens with one attached hydrogen (secondary N) is 2. The van der Waals surface area contributed by atoms with Crippen LogP contribution in [-0.4, -0.2) is 58.0 Å². The third kappa shape index (κ3) is 4.72. The van der Waals surface area contributed by atoms with Gasteiger partial charge in [-0.05, 0) is 30.7 Å². The van der Waals surface area contributed by atoms with Crippen LogP contribution in [0.15, 0.2) is 24.3 Å². The van der Waals surface area contributed by atoms with Gasteiger partial charge in [0.1, 0.15) is 0 Å². The van der Waals surface area contributed by atoms with E-state index in [9.17, 15) is 18.4 Å². The minimum absolute atomic E-state index is 0.00455. The van der Waals surface area contributed by atoms with Crippen LogP contribution in [-0.2, 0) is 22.7 Å². The van der Waals surface area contributed by atoms with Crippen LogP contribution in [0, 0.1) is 18.6 Å². The van der Waals surface area contributed by atoms with Gasteiger partial charge in [-0.15, -0.1) is 0 Å². The summed E-state index contributed by atoms with van der Waals surface area (Å²) in [6.45, 7) is 3.42. The molecule has 3 rings (SSSR count). The van der Waals surface area contributed by atoms with Crippen molar-refractivity contribution in [3.05, 3.63) is 52.9 Å². The lowest BCUT2D eigenvalue weighted by molar-refractivity contribution is -0.138. The molecular formula is C19H23F2N5O2. The largest absolute Gasteiger partial charge is 0.353 e. The van der Waals surface area contributed by atoms with Crippen molar-refractivity contribution in [2.45, 2.75) is 32.5 Å². The maximum atomic E-state index is 13.5. The highest BCUT2D eigenvalue weighted by Crippen LogP contribution is 2.17. The molecule has 2 aromatic rings. The van der Waals surface area contributed by atoms with E-state index in [4.69, 9.17) is 0 Å². The molecule has 0 spiro atoms. The first-order chi connectivity index (χ1) is 13.3. The first kappa shape index (κ1) is 19.9. The number of carbonyl (C=O) groups excluding carboxylic acids is 2. The molecule has 9 heteroatoms. The molecule has 2 N–H and O–H groups in total. The topological polar surface area (TPSA) is 81.3 Å². The van der Waals surface area contributed by atoms with Gasteiger partial charge in [0.05, 0.1) is 24.7 Å². The molecule has 1 unspecified atom stereocenters. The first-order valence-corrected chi connectivity index (χ1v) is 9.04. The zero-order valence-electron chi connectivity index (χ0n) is 15.8. The van der Waals surface area contributed by atoms with Crippen LogP contribution >= 0.6 is 0 Å². The van der Waals surface area contributed by atoms with E-state index in [1.54, 1.807) is 7.05 Å². The monoisotopic (exact) mass is 391 g/mol. The predicted molar refractivity (Wildman–Crippen MR) is 98.0 cm³/mol. The minimum atomic E-state index is -0.930. The number of hydrogen-bond acceptors (Lipinski definition) is 4. The van der Waals surface area contributed by atoms with E-state index < -0.39 is 17.7 Å². The fraction of sp³-hybridized carbons (Fsp3) is 0.421. The van der Waals surface area contributed by atoms with Crippen LogP contribution in [0.3, 0.4) is 0 Å². The minimum Gasteiger partial charge on any atom is -0.353 e. The Balaban J connectivity index is 1.66. The Labute approximate surface area is 161 Å². The van der Waals surface area contributed by atoms with Crippen LogP contribution < -0.4 is 5.32 Å². The van der Waals surface area contributed by atoms with E-state index >= 15 is 0 Å². The molecule has 1 aliphatic rings. The van der Waals surface area contributed by atoms with Crippen LogP contribution in [0.1, 0.15) is 23.4 Å². The maximum Gasteiger partial charge on any atom is 0.237 e. The quantitative estimate of drug-likeness (QED) is 0.779. The van der Waals surface area contributed by atoms with Gasteiger partial charge in [0.2, 0.25) is 11.8 Å². The summed E-state index contributed by atoms with van der Waals surface area (Å²) in [5.74, 6) is -2.29. The van der Waals surface area contributed by atoms with Gasteiger partial charge in [-0.2, -0.15) is 5.10 Å². The Bertz CT molecular complexity index is 870. The summed E-state index contributed by atoms with van der Waals surface area (Å²) in [7, 11) is 1.66. The molecule has 2 amide bonds. The number of nitrogens with zero attached hydrogens (tertiary/aromatic N) is 3. The number of amides is 2. The van der Waals surface area contributed by atoms with Crippen molar-refractivity contribution in [3.63, 3.8) is 0 Å². The number of hydrogen-bond donors (Lipinski definition) is 2. The molecule has 150 valence electrons. The average Bonchev–Trinajstić information content (AvgIpc) is 3.05. The molecule has 1 saturated heterocycles. The maximum absolute atomic E-state index is 13.5. The Hall–Kier alpha value is -2.81. The smallest absolute Gasteiger partial charge is 0.237 e. The third-order valence-electron chi connectivity index (χ3n) is 4.76. The second-order valence-electron chi connectivity index (χ2n) is 7.02. The second kappa shape index (κ2) is 8.47. The molecule has 1 aromatic carbocycles. The van der Waals surface area contributed by atoms with Crippen LogP contribution in [0.4, 0.5) is 8.78 Å². The van der Waals surface area contributed by atoms with E-state index in [1.807, 2.05) is 17.9 Å². The Morgan fingerprint density at radius 2 is 2.11 bits per heavy atom. The molecule has 28 heavy (non-hydrogen) atoms. The number of aryl methyl sites for hydroxylation is 1. The van der Waals surface area contributed by atoms with Crippen molar-refractivity contribution >= 4 is 11.8 Å². The molecule has 1 fully saturated rings. The van der Waals surface area contributed by atoms with Gasteiger partial charge in [-0.25, -0.2) is 8.78 Å². The van der Waals surface area contributed by atoms with E-state index in [2.05, 4.69) is 15.5 Å². The SMILES string of the molecule is Cc1cc(CN(C)C(=O)CC2C(=O)NCCN2Cc2ccc(F)c(F)c2)n[nH]1. The van der Waals surface area contributed by atoms with Crippen LogP contribution in [0.2, 0.25) is 0 Å². The third-order valence-corrected chi connectivity index (χ3v) is 4.76. The predicted octanol–water partition coefficient (Wildman–Crippen LogP) is 1.35. The van der Waals surface area contributed by atoms with Crippen molar-refractivity contribution in [1.82, 2.24) is 25.3 Å². The summed E-state index contributed by atoms with van der Waals surface area (Å²) in [5, 5.41) is 9.70. The highest BCUT2D eigenvalue weighted by Gasteiger charge is 2.32. The van der Waals surface area contributed by atoms with Crippen LogP contribution in [0.5, 0.6) is 0 Å². The van der Waals surface area contributed by atoms with Gasteiger partial charge in [0.25, 0.3) is 0 Å².